The first-order valence-electron chi connectivity index (χ1n) is 12.4. The number of carbonyl (C=O) groups excluding carboxylic acids is 4. The molecule has 0 saturated carbocycles. The lowest BCUT2D eigenvalue weighted by atomic mass is 10.00. The molecule has 0 aliphatic heterocycles. The average molecular weight is 511 g/mol. The maximum absolute atomic E-state index is 13.9. The largest absolute Gasteiger partial charge is 0.444 e. The summed E-state index contributed by atoms with van der Waals surface area (Å²) < 4.78 is 5.33. The van der Waals surface area contributed by atoms with Gasteiger partial charge in [0.25, 0.3) is 0 Å². The molecule has 4 N–H and O–H groups in total. The Morgan fingerprint density at radius 3 is 2.03 bits per heavy atom. The van der Waals surface area contributed by atoms with Gasteiger partial charge in [0, 0.05) is 19.0 Å². The number of nitrogens with one attached hydrogen (secondary N) is 2. The highest BCUT2D eigenvalue weighted by Gasteiger charge is 2.37. The molecule has 0 saturated heterocycles. The van der Waals surface area contributed by atoms with Gasteiger partial charge >= 0.3 is 6.09 Å². The number of carbonyl (C=O) groups is 4. The summed E-state index contributed by atoms with van der Waals surface area (Å²) in [7, 11) is 0. The predicted octanol–water partition coefficient (Wildman–Crippen LogP) is 3.44. The van der Waals surface area contributed by atoms with Crippen LogP contribution in [-0.4, -0.2) is 46.4 Å². The van der Waals surface area contributed by atoms with E-state index < -0.39 is 41.6 Å². The molecule has 4 amide bonds. The number of hydrogen-bond acceptors (Lipinski definition) is 5. The van der Waals surface area contributed by atoms with Crippen molar-refractivity contribution >= 4 is 23.8 Å². The summed E-state index contributed by atoms with van der Waals surface area (Å²) in [6.07, 6.45) is -0.971. The van der Waals surface area contributed by atoms with Gasteiger partial charge < -0.3 is 26.0 Å². The zero-order valence-corrected chi connectivity index (χ0v) is 22.2. The Kier molecular flexibility index (Phi) is 10.7. The van der Waals surface area contributed by atoms with Gasteiger partial charge in [-0.05, 0) is 52.2 Å². The fourth-order valence-electron chi connectivity index (χ4n) is 3.81. The molecule has 37 heavy (non-hydrogen) atoms. The lowest BCUT2D eigenvalue weighted by Gasteiger charge is -2.37. The molecule has 0 heterocycles. The Morgan fingerprint density at radius 1 is 0.946 bits per heavy atom. The molecule has 0 aliphatic carbocycles. The van der Waals surface area contributed by atoms with Crippen molar-refractivity contribution in [2.45, 2.75) is 77.7 Å². The lowest BCUT2D eigenvalue weighted by molar-refractivity contribution is -0.144. The van der Waals surface area contributed by atoms with Crippen molar-refractivity contribution in [3.8, 4) is 0 Å². The Balaban J connectivity index is 2.40. The van der Waals surface area contributed by atoms with Crippen LogP contribution >= 0.6 is 0 Å². The zero-order valence-electron chi connectivity index (χ0n) is 22.2. The van der Waals surface area contributed by atoms with Crippen molar-refractivity contribution < 1.29 is 23.9 Å². The summed E-state index contributed by atoms with van der Waals surface area (Å²) in [5, 5.41) is 5.51. The molecular weight excluding hydrogens is 472 g/mol. The molecule has 9 heteroatoms. The van der Waals surface area contributed by atoms with Crippen LogP contribution in [0.25, 0.3) is 0 Å². The predicted molar refractivity (Wildman–Crippen MR) is 141 cm³/mol. The maximum Gasteiger partial charge on any atom is 0.408 e. The molecule has 9 nitrogen and oxygen atoms in total. The third kappa shape index (κ3) is 9.59. The Morgan fingerprint density at radius 2 is 1.51 bits per heavy atom. The fraction of sp³-hybridized carbons (Fsp3) is 0.429. The van der Waals surface area contributed by atoms with Crippen LogP contribution < -0.4 is 16.4 Å². The van der Waals surface area contributed by atoms with Crippen molar-refractivity contribution in [2.75, 3.05) is 0 Å². The highest BCUT2D eigenvalue weighted by atomic mass is 16.6. The standard InChI is InChI=1S/C28H38N4O5/c1-19(2)32(26(35)22(16-17-23(29)33)31-27(36)37-28(3,4)5)24(21-14-10-7-11-15-21)25(34)30-18-20-12-8-6-9-13-20/h6-15,19,22,24H,16-18H2,1-5H3,(H2,29,33)(H,30,34)(H,31,36). The van der Waals surface area contributed by atoms with Gasteiger partial charge in [0.1, 0.15) is 17.7 Å². The summed E-state index contributed by atoms with van der Waals surface area (Å²) in [6, 6.07) is 15.9. The maximum atomic E-state index is 13.9. The third-order valence-corrected chi connectivity index (χ3v) is 5.43. The van der Waals surface area contributed by atoms with Crippen molar-refractivity contribution in [3.05, 3.63) is 71.8 Å². The van der Waals surface area contributed by atoms with Crippen LogP contribution in [0, 0.1) is 0 Å². The average Bonchev–Trinajstić information content (AvgIpc) is 2.82. The van der Waals surface area contributed by atoms with Crippen molar-refractivity contribution in [3.63, 3.8) is 0 Å². The molecule has 0 bridgehead atoms. The van der Waals surface area contributed by atoms with E-state index in [4.69, 9.17) is 10.5 Å². The minimum absolute atomic E-state index is 0.0379. The molecule has 0 aliphatic rings. The first-order chi connectivity index (χ1) is 17.4. The second kappa shape index (κ2) is 13.4. The molecule has 0 aromatic heterocycles. The minimum Gasteiger partial charge on any atom is -0.444 e. The number of primary amides is 1. The van der Waals surface area contributed by atoms with E-state index in [2.05, 4.69) is 10.6 Å². The Labute approximate surface area is 218 Å². The Bertz CT molecular complexity index is 1050. The van der Waals surface area contributed by atoms with Gasteiger partial charge in [-0.2, -0.15) is 0 Å². The van der Waals surface area contributed by atoms with Gasteiger partial charge in [0.2, 0.25) is 17.7 Å². The number of rotatable bonds is 11. The summed E-state index contributed by atoms with van der Waals surface area (Å²) in [5.41, 5.74) is 6.07. The van der Waals surface area contributed by atoms with Gasteiger partial charge in [0.05, 0.1) is 0 Å². The molecule has 0 radical (unpaired) electrons. The van der Waals surface area contributed by atoms with Crippen LogP contribution in [0.2, 0.25) is 0 Å². The van der Waals surface area contributed by atoms with Crippen LogP contribution in [0.1, 0.15) is 64.6 Å². The van der Waals surface area contributed by atoms with E-state index in [1.807, 2.05) is 36.4 Å². The molecule has 2 atom stereocenters. The third-order valence-electron chi connectivity index (χ3n) is 5.43. The summed E-state index contributed by atoms with van der Waals surface area (Å²) in [5.74, 6) is -1.51. The van der Waals surface area contributed by atoms with E-state index in [-0.39, 0.29) is 25.3 Å². The molecular formula is C28H38N4O5. The van der Waals surface area contributed by atoms with Crippen LogP contribution in [0.15, 0.2) is 60.7 Å². The highest BCUT2D eigenvalue weighted by Crippen LogP contribution is 2.26. The van der Waals surface area contributed by atoms with Gasteiger partial charge in [-0.25, -0.2) is 4.79 Å². The van der Waals surface area contributed by atoms with Gasteiger partial charge in [0.15, 0.2) is 0 Å². The lowest BCUT2D eigenvalue weighted by Crippen LogP contribution is -2.55. The quantitative estimate of drug-likeness (QED) is 0.426. The highest BCUT2D eigenvalue weighted by molar-refractivity contribution is 5.92. The van der Waals surface area contributed by atoms with Gasteiger partial charge in [-0.3, -0.25) is 14.4 Å². The molecule has 2 aromatic carbocycles. The number of ether oxygens (including phenoxy) is 1. The summed E-state index contributed by atoms with van der Waals surface area (Å²) in [4.78, 5) is 53.0. The van der Waals surface area contributed by atoms with Crippen LogP contribution in [0.4, 0.5) is 4.79 Å². The molecule has 0 spiro atoms. The number of alkyl carbamates (subject to hydrolysis) is 1. The molecule has 200 valence electrons. The summed E-state index contributed by atoms with van der Waals surface area (Å²) >= 11 is 0. The number of benzene rings is 2. The zero-order chi connectivity index (χ0) is 27.6. The normalized spacial score (nSPS) is 12.8. The Hall–Kier alpha value is -3.88. The van der Waals surface area contributed by atoms with Crippen molar-refractivity contribution in [1.82, 2.24) is 15.5 Å². The van der Waals surface area contributed by atoms with Crippen LogP contribution in [0.5, 0.6) is 0 Å². The summed E-state index contributed by atoms with van der Waals surface area (Å²) in [6.45, 7) is 8.97. The molecule has 2 aromatic rings. The molecule has 2 rings (SSSR count). The molecule has 2 unspecified atom stereocenters. The number of hydrogen-bond donors (Lipinski definition) is 3. The van der Waals surface area contributed by atoms with E-state index in [0.29, 0.717) is 5.56 Å². The number of nitrogens with zero attached hydrogens (tertiary/aromatic N) is 1. The minimum atomic E-state index is -1.13. The first-order valence-corrected chi connectivity index (χ1v) is 12.4. The van der Waals surface area contributed by atoms with E-state index in [1.165, 1.54) is 4.90 Å². The van der Waals surface area contributed by atoms with Gasteiger partial charge in [-0.15, -0.1) is 0 Å². The van der Waals surface area contributed by atoms with Crippen LogP contribution in [-0.2, 0) is 25.7 Å². The second-order valence-corrected chi connectivity index (χ2v) is 10.1. The monoisotopic (exact) mass is 510 g/mol. The SMILES string of the molecule is CC(C)N(C(=O)C(CCC(N)=O)NC(=O)OC(C)(C)C)C(C(=O)NCc1ccccc1)c1ccccc1. The first kappa shape index (κ1) is 29.4. The van der Waals surface area contributed by atoms with E-state index in [9.17, 15) is 19.2 Å². The van der Waals surface area contributed by atoms with Crippen LogP contribution in [0.3, 0.4) is 0 Å². The van der Waals surface area contributed by atoms with Crippen molar-refractivity contribution in [1.29, 1.82) is 0 Å². The van der Waals surface area contributed by atoms with Crippen molar-refractivity contribution in [2.24, 2.45) is 5.73 Å². The van der Waals surface area contributed by atoms with E-state index in [0.717, 1.165) is 5.56 Å². The topological polar surface area (TPSA) is 131 Å². The molecule has 0 fully saturated rings. The fourth-order valence-corrected chi connectivity index (χ4v) is 3.81. The smallest absolute Gasteiger partial charge is 0.408 e. The van der Waals surface area contributed by atoms with E-state index in [1.54, 1.807) is 58.9 Å². The van der Waals surface area contributed by atoms with E-state index >= 15 is 0 Å². The number of amides is 4. The number of nitrogens with two attached hydrogens (primary N) is 1. The van der Waals surface area contributed by atoms with Gasteiger partial charge in [-0.1, -0.05) is 60.7 Å². The second-order valence-electron chi connectivity index (χ2n) is 10.1.